The molecule has 56 valence electrons. The molecule has 0 radical (unpaired) electrons. The Morgan fingerprint density at radius 1 is 1.44 bits per heavy atom. The first-order valence-corrected chi connectivity index (χ1v) is 3.18. The van der Waals surface area contributed by atoms with E-state index >= 15 is 0 Å². The van der Waals surface area contributed by atoms with Crippen LogP contribution in [-0.4, -0.2) is 41.5 Å². The largest absolute Gasteiger partial charge is 0.395 e. The molecule has 0 aromatic carbocycles. The van der Waals surface area contributed by atoms with Crippen LogP contribution in [0.15, 0.2) is 0 Å². The van der Waals surface area contributed by atoms with Crippen LogP contribution in [0.3, 0.4) is 0 Å². The third-order valence-corrected chi connectivity index (χ3v) is 1.53. The van der Waals surface area contributed by atoms with Crippen molar-refractivity contribution < 1.29 is 10.2 Å². The predicted octanol–water partition coefficient (Wildman–Crippen LogP) is -0.361. The molecule has 0 aliphatic rings. The Kier molecular flexibility index (Phi) is 4.67. The van der Waals surface area contributed by atoms with E-state index in [2.05, 4.69) is 0 Å². The highest BCUT2D eigenvalue weighted by molar-refractivity contribution is 4.61. The van der Waals surface area contributed by atoms with Crippen molar-refractivity contribution in [1.29, 1.82) is 0 Å². The van der Waals surface area contributed by atoms with Crippen LogP contribution in [-0.2, 0) is 0 Å². The third kappa shape index (κ3) is 2.79. The van der Waals surface area contributed by atoms with Crippen LogP contribution in [0.1, 0.15) is 13.3 Å². The molecular formula is C6H15NO2. The second-order valence-electron chi connectivity index (χ2n) is 2.14. The van der Waals surface area contributed by atoms with Gasteiger partial charge in [-0.25, -0.2) is 0 Å². The predicted molar refractivity (Wildman–Crippen MR) is 36.0 cm³/mol. The first-order valence-electron chi connectivity index (χ1n) is 3.18. The highest BCUT2D eigenvalue weighted by Crippen LogP contribution is 1.97. The monoisotopic (exact) mass is 133 g/mol. The molecule has 0 spiro atoms. The Hall–Kier alpha value is -0.120. The van der Waals surface area contributed by atoms with Crippen molar-refractivity contribution in [3.8, 4) is 0 Å². The number of aliphatic hydroxyl groups is 2. The Labute approximate surface area is 55.9 Å². The molecule has 0 aliphatic heterocycles. The molecule has 3 heteroatoms. The molecule has 0 heterocycles. The van der Waals surface area contributed by atoms with Gasteiger partial charge >= 0.3 is 0 Å². The maximum atomic E-state index is 8.67. The van der Waals surface area contributed by atoms with Crippen molar-refractivity contribution in [2.24, 2.45) is 0 Å². The van der Waals surface area contributed by atoms with Gasteiger partial charge < -0.3 is 10.2 Å². The van der Waals surface area contributed by atoms with Gasteiger partial charge in [-0.15, -0.1) is 0 Å². The zero-order chi connectivity index (χ0) is 7.28. The summed E-state index contributed by atoms with van der Waals surface area (Å²) in [5.74, 6) is 0. The fraction of sp³-hybridized carbons (Fsp3) is 1.00. The number of hydrogen-bond acceptors (Lipinski definition) is 3. The molecule has 0 saturated heterocycles. The minimum atomic E-state index is 0.0130. The lowest BCUT2D eigenvalue weighted by atomic mass is 10.2. The highest BCUT2D eigenvalue weighted by atomic mass is 16.3. The van der Waals surface area contributed by atoms with Crippen molar-refractivity contribution in [1.82, 2.24) is 4.90 Å². The van der Waals surface area contributed by atoms with Gasteiger partial charge in [0, 0.05) is 6.04 Å². The minimum Gasteiger partial charge on any atom is -0.395 e. The van der Waals surface area contributed by atoms with Gasteiger partial charge in [0.05, 0.1) is 13.3 Å². The van der Waals surface area contributed by atoms with Crippen LogP contribution >= 0.6 is 0 Å². The second-order valence-corrected chi connectivity index (χ2v) is 2.14. The van der Waals surface area contributed by atoms with Gasteiger partial charge in [0.2, 0.25) is 0 Å². The average Bonchev–Trinajstić information content (AvgIpc) is 1.90. The normalized spacial score (nSPS) is 14.3. The summed E-state index contributed by atoms with van der Waals surface area (Å²) >= 11 is 0. The standard InChI is InChI=1S/C6H15NO2/c1-3-6(4-8)7(2)5-9/h6,8-9H,3-5H2,1-2H3. The van der Waals surface area contributed by atoms with E-state index in [0.717, 1.165) is 6.42 Å². The van der Waals surface area contributed by atoms with Crippen LogP contribution in [0.5, 0.6) is 0 Å². The quantitative estimate of drug-likeness (QED) is 0.515. The van der Waals surface area contributed by atoms with E-state index in [9.17, 15) is 0 Å². The molecule has 1 atom stereocenters. The molecule has 0 aliphatic carbocycles. The summed E-state index contributed by atoms with van der Waals surface area (Å²) in [7, 11) is 1.78. The number of nitrogens with zero attached hydrogens (tertiary/aromatic N) is 1. The van der Waals surface area contributed by atoms with Crippen molar-refractivity contribution in [2.75, 3.05) is 20.4 Å². The number of hydrogen-bond donors (Lipinski definition) is 2. The van der Waals surface area contributed by atoms with Crippen LogP contribution in [0, 0.1) is 0 Å². The molecule has 0 bridgehead atoms. The lowest BCUT2D eigenvalue weighted by molar-refractivity contribution is 0.0604. The summed E-state index contributed by atoms with van der Waals surface area (Å²) in [5.41, 5.74) is 0. The fourth-order valence-electron chi connectivity index (χ4n) is 0.696. The topological polar surface area (TPSA) is 43.7 Å². The molecule has 0 aromatic rings. The Bertz CT molecular complexity index is 64.1. The van der Waals surface area contributed by atoms with E-state index in [4.69, 9.17) is 10.2 Å². The molecule has 0 rings (SSSR count). The van der Waals surface area contributed by atoms with Crippen LogP contribution in [0.2, 0.25) is 0 Å². The maximum absolute atomic E-state index is 8.67. The van der Waals surface area contributed by atoms with Crippen LogP contribution < -0.4 is 0 Å². The van der Waals surface area contributed by atoms with Gasteiger partial charge in [0.25, 0.3) is 0 Å². The zero-order valence-electron chi connectivity index (χ0n) is 6.04. The maximum Gasteiger partial charge on any atom is 0.0957 e. The van der Waals surface area contributed by atoms with Gasteiger partial charge in [-0.1, -0.05) is 6.92 Å². The van der Waals surface area contributed by atoms with Crippen molar-refractivity contribution in [3.05, 3.63) is 0 Å². The molecule has 3 nitrogen and oxygen atoms in total. The Morgan fingerprint density at radius 2 is 2.00 bits per heavy atom. The van der Waals surface area contributed by atoms with Crippen LogP contribution in [0.4, 0.5) is 0 Å². The first kappa shape index (κ1) is 8.88. The molecule has 0 amide bonds. The van der Waals surface area contributed by atoms with Gasteiger partial charge in [0.1, 0.15) is 0 Å². The van der Waals surface area contributed by atoms with Gasteiger partial charge in [-0.2, -0.15) is 0 Å². The smallest absolute Gasteiger partial charge is 0.0957 e. The Morgan fingerprint density at radius 3 is 2.11 bits per heavy atom. The van der Waals surface area contributed by atoms with E-state index in [1.807, 2.05) is 6.92 Å². The van der Waals surface area contributed by atoms with Gasteiger partial charge in [-0.05, 0) is 13.5 Å². The van der Waals surface area contributed by atoms with E-state index in [1.54, 1.807) is 11.9 Å². The number of rotatable bonds is 4. The van der Waals surface area contributed by atoms with E-state index in [-0.39, 0.29) is 19.4 Å². The minimum absolute atomic E-state index is 0.0130. The number of aliphatic hydroxyl groups excluding tert-OH is 2. The van der Waals surface area contributed by atoms with Crippen molar-refractivity contribution in [2.45, 2.75) is 19.4 Å². The molecule has 1 unspecified atom stereocenters. The van der Waals surface area contributed by atoms with E-state index in [1.165, 1.54) is 0 Å². The molecule has 0 fully saturated rings. The molecule has 9 heavy (non-hydrogen) atoms. The van der Waals surface area contributed by atoms with Crippen molar-refractivity contribution >= 4 is 0 Å². The first-order chi connectivity index (χ1) is 4.26. The second kappa shape index (κ2) is 4.73. The Balaban J connectivity index is 3.50. The zero-order valence-corrected chi connectivity index (χ0v) is 6.04. The highest BCUT2D eigenvalue weighted by Gasteiger charge is 2.08. The third-order valence-electron chi connectivity index (χ3n) is 1.53. The van der Waals surface area contributed by atoms with E-state index in [0.29, 0.717) is 0 Å². The van der Waals surface area contributed by atoms with Gasteiger partial charge in [-0.3, -0.25) is 4.90 Å². The lowest BCUT2D eigenvalue weighted by Gasteiger charge is -2.22. The molecule has 0 saturated carbocycles. The van der Waals surface area contributed by atoms with E-state index < -0.39 is 0 Å². The average molecular weight is 133 g/mol. The molecule has 0 aromatic heterocycles. The molecular weight excluding hydrogens is 118 g/mol. The number of likely N-dealkylation sites (N-methyl/N-ethyl adjacent to an activating group) is 1. The summed E-state index contributed by atoms with van der Waals surface area (Å²) in [5, 5.41) is 17.3. The summed E-state index contributed by atoms with van der Waals surface area (Å²) in [6, 6.07) is 0.106. The van der Waals surface area contributed by atoms with Gasteiger partial charge in [0.15, 0.2) is 0 Å². The summed E-state index contributed by atoms with van der Waals surface area (Å²) < 4.78 is 0. The summed E-state index contributed by atoms with van der Waals surface area (Å²) in [4.78, 5) is 1.71. The molecule has 2 N–H and O–H groups in total. The van der Waals surface area contributed by atoms with Crippen LogP contribution in [0.25, 0.3) is 0 Å². The summed E-state index contributed by atoms with van der Waals surface area (Å²) in [6.07, 6.45) is 0.869. The van der Waals surface area contributed by atoms with Crippen molar-refractivity contribution in [3.63, 3.8) is 0 Å². The SMILES string of the molecule is CCC(CO)N(C)CO. The summed E-state index contributed by atoms with van der Waals surface area (Å²) in [6.45, 7) is 2.11. The lowest BCUT2D eigenvalue weighted by Crippen LogP contribution is -2.34. The fourth-order valence-corrected chi connectivity index (χ4v) is 0.696.